The minimum absolute atomic E-state index is 0.0381. The van der Waals surface area contributed by atoms with Gasteiger partial charge in [0.1, 0.15) is 0 Å². The highest BCUT2D eigenvalue weighted by molar-refractivity contribution is 5.90. The van der Waals surface area contributed by atoms with Crippen molar-refractivity contribution < 1.29 is 9.72 Å². The molecule has 6 nitrogen and oxygen atoms in total. The van der Waals surface area contributed by atoms with Crippen LogP contribution in [0.25, 0.3) is 0 Å². The van der Waals surface area contributed by atoms with Gasteiger partial charge in [-0.1, -0.05) is 36.4 Å². The number of carbonyl (C=O) groups excluding carboxylic acids is 1. The molecule has 1 aliphatic carbocycles. The summed E-state index contributed by atoms with van der Waals surface area (Å²) in [6.07, 6.45) is 1.99. The summed E-state index contributed by atoms with van der Waals surface area (Å²) >= 11 is 0. The van der Waals surface area contributed by atoms with Gasteiger partial charge in [-0.2, -0.15) is 0 Å². The third-order valence-electron chi connectivity index (χ3n) is 3.75. The largest absolute Gasteiger partial charge is 0.322 e. The number of carbonyl (C=O) groups is 1. The van der Waals surface area contributed by atoms with Crippen LogP contribution in [0.5, 0.6) is 0 Å². The van der Waals surface area contributed by atoms with Gasteiger partial charge in [-0.05, 0) is 24.5 Å². The van der Waals surface area contributed by atoms with Crippen molar-refractivity contribution in [2.24, 2.45) is 0 Å². The summed E-state index contributed by atoms with van der Waals surface area (Å²) in [6.45, 7) is 0.534. The molecule has 1 aliphatic rings. The van der Waals surface area contributed by atoms with Crippen LogP contribution in [0.1, 0.15) is 18.4 Å². The number of amides is 2. The number of rotatable bonds is 5. The second-order valence-corrected chi connectivity index (χ2v) is 5.58. The van der Waals surface area contributed by atoms with E-state index >= 15 is 0 Å². The van der Waals surface area contributed by atoms with Crippen LogP contribution >= 0.6 is 0 Å². The fraction of sp³-hybridized carbons (Fsp3) is 0.235. The zero-order valence-electron chi connectivity index (χ0n) is 12.5. The van der Waals surface area contributed by atoms with Crippen molar-refractivity contribution in [3.8, 4) is 0 Å². The molecule has 0 radical (unpaired) electrons. The van der Waals surface area contributed by atoms with Gasteiger partial charge in [0.05, 0.1) is 4.92 Å². The van der Waals surface area contributed by atoms with Gasteiger partial charge in [-0.3, -0.25) is 10.1 Å². The highest BCUT2D eigenvalue weighted by Gasteiger charge is 2.32. The molecule has 6 heteroatoms. The minimum Gasteiger partial charge on any atom is -0.317 e. The summed E-state index contributed by atoms with van der Waals surface area (Å²) in [6, 6.07) is 15.8. The predicted octanol–water partition coefficient (Wildman–Crippen LogP) is 3.79. The lowest BCUT2D eigenvalue weighted by Crippen LogP contribution is -2.36. The maximum atomic E-state index is 12.5. The van der Waals surface area contributed by atoms with E-state index in [0.29, 0.717) is 12.2 Å². The number of nitro groups is 1. The van der Waals surface area contributed by atoms with E-state index in [-0.39, 0.29) is 17.8 Å². The smallest absolute Gasteiger partial charge is 0.317 e. The number of nitro benzene ring substituents is 1. The first-order valence-corrected chi connectivity index (χ1v) is 7.49. The standard InChI is InChI=1S/C17H17N3O3/c21-17(18-14-7-4-8-16(11-14)20(22)23)19(15-9-10-15)12-13-5-2-1-3-6-13/h1-8,11,15H,9-10,12H2,(H,18,21). The Bertz CT molecular complexity index is 714. The Kier molecular flexibility index (Phi) is 4.23. The van der Waals surface area contributed by atoms with E-state index in [1.54, 1.807) is 17.0 Å². The Balaban J connectivity index is 1.72. The van der Waals surface area contributed by atoms with Crippen LogP contribution in [-0.2, 0) is 6.54 Å². The van der Waals surface area contributed by atoms with E-state index in [4.69, 9.17) is 0 Å². The highest BCUT2D eigenvalue weighted by atomic mass is 16.6. The molecule has 2 aromatic carbocycles. The van der Waals surface area contributed by atoms with Crippen LogP contribution in [0.2, 0.25) is 0 Å². The highest BCUT2D eigenvalue weighted by Crippen LogP contribution is 2.29. The Morgan fingerprint density at radius 1 is 1.17 bits per heavy atom. The third kappa shape index (κ3) is 3.85. The second kappa shape index (κ2) is 6.48. The Labute approximate surface area is 133 Å². The van der Waals surface area contributed by atoms with E-state index in [2.05, 4.69) is 5.32 Å². The van der Waals surface area contributed by atoms with Crippen LogP contribution in [-0.4, -0.2) is 21.9 Å². The number of hydrogen-bond acceptors (Lipinski definition) is 3. The number of non-ortho nitro benzene ring substituents is 1. The minimum atomic E-state index is -0.474. The lowest BCUT2D eigenvalue weighted by Gasteiger charge is -2.23. The zero-order chi connectivity index (χ0) is 16.2. The lowest BCUT2D eigenvalue weighted by atomic mass is 10.2. The van der Waals surface area contributed by atoms with Crippen molar-refractivity contribution in [1.82, 2.24) is 4.90 Å². The Hall–Kier alpha value is -2.89. The molecule has 23 heavy (non-hydrogen) atoms. The quantitative estimate of drug-likeness (QED) is 0.674. The number of nitrogens with one attached hydrogen (secondary N) is 1. The second-order valence-electron chi connectivity index (χ2n) is 5.58. The fourth-order valence-corrected chi connectivity index (χ4v) is 2.43. The third-order valence-corrected chi connectivity index (χ3v) is 3.75. The van der Waals surface area contributed by atoms with E-state index in [1.807, 2.05) is 30.3 Å². The van der Waals surface area contributed by atoms with Gasteiger partial charge >= 0.3 is 6.03 Å². The first-order valence-electron chi connectivity index (χ1n) is 7.49. The van der Waals surface area contributed by atoms with E-state index in [9.17, 15) is 14.9 Å². The molecule has 118 valence electrons. The van der Waals surface area contributed by atoms with E-state index in [0.717, 1.165) is 18.4 Å². The number of hydrogen-bond donors (Lipinski definition) is 1. The molecule has 2 amide bonds. The van der Waals surface area contributed by atoms with Crippen molar-refractivity contribution >= 4 is 17.4 Å². The average molecular weight is 311 g/mol. The summed E-state index contributed by atoms with van der Waals surface area (Å²) in [7, 11) is 0. The fourth-order valence-electron chi connectivity index (χ4n) is 2.43. The molecular weight excluding hydrogens is 294 g/mol. The van der Waals surface area contributed by atoms with Crippen molar-refractivity contribution in [2.45, 2.75) is 25.4 Å². The van der Waals surface area contributed by atoms with Crippen LogP contribution in [0.15, 0.2) is 54.6 Å². The van der Waals surface area contributed by atoms with Gasteiger partial charge in [0.2, 0.25) is 0 Å². The molecule has 0 bridgehead atoms. The monoisotopic (exact) mass is 311 g/mol. The molecule has 1 fully saturated rings. The normalized spacial score (nSPS) is 13.4. The molecule has 0 saturated heterocycles. The number of urea groups is 1. The Morgan fingerprint density at radius 2 is 1.91 bits per heavy atom. The van der Waals surface area contributed by atoms with Gasteiger partial charge in [0, 0.05) is 30.4 Å². The number of benzene rings is 2. The van der Waals surface area contributed by atoms with Crippen molar-refractivity contribution in [3.05, 3.63) is 70.3 Å². The van der Waals surface area contributed by atoms with Gasteiger partial charge < -0.3 is 10.2 Å². The van der Waals surface area contributed by atoms with Crippen molar-refractivity contribution in [1.29, 1.82) is 0 Å². The maximum absolute atomic E-state index is 12.5. The summed E-state index contributed by atoms with van der Waals surface area (Å²) in [4.78, 5) is 24.7. The average Bonchev–Trinajstić information content (AvgIpc) is 3.38. The number of nitrogens with zero attached hydrogens (tertiary/aromatic N) is 2. The van der Waals surface area contributed by atoms with Gasteiger partial charge in [-0.15, -0.1) is 0 Å². The maximum Gasteiger partial charge on any atom is 0.322 e. The first kappa shape index (κ1) is 15.0. The summed E-state index contributed by atoms with van der Waals surface area (Å²) < 4.78 is 0. The van der Waals surface area contributed by atoms with Crippen LogP contribution in [0.3, 0.4) is 0 Å². The van der Waals surface area contributed by atoms with Crippen molar-refractivity contribution in [2.75, 3.05) is 5.32 Å². The Morgan fingerprint density at radius 3 is 2.57 bits per heavy atom. The van der Waals surface area contributed by atoms with E-state index < -0.39 is 4.92 Å². The molecule has 1 N–H and O–H groups in total. The lowest BCUT2D eigenvalue weighted by molar-refractivity contribution is -0.384. The molecule has 0 atom stereocenters. The van der Waals surface area contributed by atoms with Gasteiger partial charge in [0.25, 0.3) is 5.69 Å². The molecule has 0 heterocycles. The van der Waals surface area contributed by atoms with Gasteiger partial charge in [0.15, 0.2) is 0 Å². The number of anilines is 1. The van der Waals surface area contributed by atoms with E-state index in [1.165, 1.54) is 12.1 Å². The molecule has 0 unspecified atom stereocenters. The van der Waals surface area contributed by atoms with Crippen LogP contribution in [0.4, 0.5) is 16.2 Å². The predicted molar refractivity (Wildman–Crippen MR) is 87.1 cm³/mol. The molecule has 3 rings (SSSR count). The van der Waals surface area contributed by atoms with Crippen molar-refractivity contribution in [3.63, 3.8) is 0 Å². The molecule has 0 aromatic heterocycles. The SMILES string of the molecule is O=C(Nc1cccc([N+](=O)[O-])c1)N(Cc1ccccc1)C1CC1. The molecule has 1 saturated carbocycles. The summed E-state index contributed by atoms with van der Waals surface area (Å²) in [5.74, 6) is 0. The molecule has 0 aliphatic heterocycles. The molecular formula is C17H17N3O3. The summed E-state index contributed by atoms with van der Waals surface area (Å²) in [5.41, 5.74) is 1.46. The van der Waals surface area contributed by atoms with Crippen LogP contribution in [0, 0.1) is 10.1 Å². The zero-order valence-corrected chi connectivity index (χ0v) is 12.5. The first-order chi connectivity index (χ1) is 11.1. The van der Waals surface area contributed by atoms with Crippen LogP contribution < -0.4 is 5.32 Å². The summed E-state index contributed by atoms with van der Waals surface area (Å²) in [5, 5.41) is 13.6. The molecule has 2 aromatic rings. The van der Waals surface area contributed by atoms with Gasteiger partial charge in [-0.25, -0.2) is 4.79 Å². The topological polar surface area (TPSA) is 75.5 Å². The molecule has 0 spiro atoms.